The fourth-order valence-electron chi connectivity index (χ4n) is 1.79. The minimum atomic E-state index is -1.10. The first kappa shape index (κ1) is 14.7. The predicted octanol–water partition coefficient (Wildman–Crippen LogP) is -1.11. The van der Waals surface area contributed by atoms with Crippen LogP contribution in [0.5, 0.6) is 0 Å². The van der Waals surface area contributed by atoms with E-state index >= 15 is 0 Å². The standard InChI is InChI=1S/C13H14N4O4/c1-16-5-4-11(18)17(13(16)21)10-3-2-8(7-15-10)6-9(14)12(19)20/h2-5,7,9H,6,14H2,1H3,(H,19,20). The van der Waals surface area contributed by atoms with Crippen LogP contribution in [0.15, 0.2) is 40.2 Å². The molecule has 0 aliphatic carbocycles. The van der Waals surface area contributed by atoms with Crippen molar-refractivity contribution in [3.63, 3.8) is 0 Å². The molecule has 21 heavy (non-hydrogen) atoms. The number of pyridine rings is 1. The van der Waals surface area contributed by atoms with Gasteiger partial charge in [0.05, 0.1) is 0 Å². The van der Waals surface area contributed by atoms with E-state index in [0.717, 1.165) is 4.57 Å². The SMILES string of the molecule is Cn1ccc(=O)n(-c2ccc(CC(N)C(=O)O)cn2)c1=O. The number of aromatic nitrogens is 3. The van der Waals surface area contributed by atoms with Crippen LogP contribution in [0.2, 0.25) is 0 Å². The Balaban J connectivity index is 2.36. The monoisotopic (exact) mass is 290 g/mol. The third-order valence-corrected chi connectivity index (χ3v) is 2.97. The number of hydrogen-bond acceptors (Lipinski definition) is 5. The lowest BCUT2D eigenvalue weighted by Gasteiger charge is -2.08. The van der Waals surface area contributed by atoms with Crippen molar-refractivity contribution in [1.82, 2.24) is 14.1 Å². The molecular formula is C13H14N4O4. The lowest BCUT2D eigenvalue weighted by atomic mass is 10.1. The zero-order valence-corrected chi connectivity index (χ0v) is 11.3. The Bertz CT molecular complexity index is 776. The van der Waals surface area contributed by atoms with Crippen LogP contribution >= 0.6 is 0 Å². The molecule has 8 heteroatoms. The summed E-state index contributed by atoms with van der Waals surface area (Å²) in [6.45, 7) is 0. The molecule has 8 nitrogen and oxygen atoms in total. The van der Waals surface area contributed by atoms with Crippen LogP contribution in [0, 0.1) is 0 Å². The van der Waals surface area contributed by atoms with Gasteiger partial charge in [-0.15, -0.1) is 0 Å². The van der Waals surface area contributed by atoms with Gasteiger partial charge in [-0.1, -0.05) is 6.07 Å². The Morgan fingerprint density at radius 1 is 1.38 bits per heavy atom. The van der Waals surface area contributed by atoms with Crippen molar-refractivity contribution < 1.29 is 9.90 Å². The minimum Gasteiger partial charge on any atom is -0.480 e. The number of nitrogens with zero attached hydrogens (tertiary/aromatic N) is 3. The molecule has 0 saturated heterocycles. The maximum atomic E-state index is 11.9. The van der Waals surface area contributed by atoms with Crippen molar-refractivity contribution in [2.45, 2.75) is 12.5 Å². The molecule has 0 saturated carbocycles. The van der Waals surface area contributed by atoms with E-state index in [9.17, 15) is 14.4 Å². The van der Waals surface area contributed by atoms with Gasteiger partial charge in [-0.25, -0.2) is 14.3 Å². The highest BCUT2D eigenvalue weighted by Crippen LogP contribution is 2.04. The van der Waals surface area contributed by atoms with Gasteiger partial charge in [-0.05, 0) is 18.1 Å². The normalized spacial score (nSPS) is 12.1. The van der Waals surface area contributed by atoms with E-state index < -0.39 is 23.3 Å². The van der Waals surface area contributed by atoms with E-state index in [2.05, 4.69) is 4.98 Å². The third-order valence-electron chi connectivity index (χ3n) is 2.97. The molecule has 1 unspecified atom stereocenters. The minimum absolute atomic E-state index is 0.115. The number of carboxylic acid groups (broad SMARTS) is 1. The topological polar surface area (TPSA) is 120 Å². The van der Waals surface area contributed by atoms with E-state index in [4.69, 9.17) is 10.8 Å². The average Bonchev–Trinajstić information content (AvgIpc) is 2.45. The van der Waals surface area contributed by atoms with Crippen LogP contribution in [0.3, 0.4) is 0 Å². The van der Waals surface area contributed by atoms with Crippen LogP contribution in [-0.2, 0) is 18.3 Å². The van der Waals surface area contributed by atoms with Gasteiger partial charge >= 0.3 is 11.7 Å². The highest BCUT2D eigenvalue weighted by Gasteiger charge is 2.13. The van der Waals surface area contributed by atoms with Crippen LogP contribution < -0.4 is 17.0 Å². The molecule has 0 fully saturated rings. The quantitative estimate of drug-likeness (QED) is 0.736. The molecule has 0 aliphatic heterocycles. The number of carboxylic acids is 1. The lowest BCUT2D eigenvalue weighted by molar-refractivity contribution is -0.138. The van der Waals surface area contributed by atoms with Crippen molar-refractivity contribution in [1.29, 1.82) is 0 Å². The molecule has 2 heterocycles. The van der Waals surface area contributed by atoms with Crippen LogP contribution in [0.25, 0.3) is 5.82 Å². The summed E-state index contributed by atoms with van der Waals surface area (Å²) in [5.41, 5.74) is 5.04. The summed E-state index contributed by atoms with van der Waals surface area (Å²) in [7, 11) is 1.53. The van der Waals surface area contributed by atoms with Crippen molar-refractivity contribution in [2.75, 3.05) is 0 Å². The van der Waals surface area contributed by atoms with E-state index in [0.29, 0.717) is 5.56 Å². The number of aliphatic carboxylic acids is 1. The Labute approximate surface area is 119 Å². The summed E-state index contributed by atoms with van der Waals surface area (Å²) in [5, 5.41) is 8.74. The van der Waals surface area contributed by atoms with Crippen molar-refractivity contribution in [2.24, 2.45) is 12.8 Å². The Morgan fingerprint density at radius 2 is 2.10 bits per heavy atom. The summed E-state index contributed by atoms with van der Waals surface area (Å²) < 4.78 is 2.19. The Kier molecular flexibility index (Phi) is 3.99. The number of hydrogen-bond donors (Lipinski definition) is 2. The number of nitrogens with two attached hydrogens (primary N) is 1. The van der Waals surface area contributed by atoms with E-state index in [1.807, 2.05) is 0 Å². The van der Waals surface area contributed by atoms with Gasteiger partial charge in [0.2, 0.25) is 0 Å². The summed E-state index contributed by atoms with van der Waals surface area (Å²) >= 11 is 0. The van der Waals surface area contributed by atoms with E-state index in [-0.39, 0.29) is 12.2 Å². The van der Waals surface area contributed by atoms with Crippen molar-refractivity contribution in [3.8, 4) is 5.82 Å². The van der Waals surface area contributed by atoms with Gasteiger partial charge in [0.25, 0.3) is 5.56 Å². The first-order valence-corrected chi connectivity index (χ1v) is 6.12. The fourth-order valence-corrected chi connectivity index (χ4v) is 1.79. The zero-order chi connectivity index (χ0) is 15.6. The molecule has 2 aromatic rings. The zero-order valence-electron chi connectivity index (χ0n) is 11.3. The predicted molar refractivity (Wildman–Crippen MR) is 74.4 cm³/mol. The van der Waals surface area contributed by atoms with Gasteiger partial charge < -0.3 is 15.4 Å². The van der Waals surface area contributed by atoms with Crippen LogP contribution in [0.4, 0.5) is 0 Å². The van der Waals surface area contributed by atoms with Gasteiger partial charge in [-0.3, -0.25) is 9.59 Å². The number of carbonyl (C=O) groups is 1. The van der Waals surface area contributed by atoms with Gasteiger partial charge in [0.15, 0.2) is 0 Å². The van der Waals surface area contributed by atoms with Gasteiger partial charge in [0, 0.05) is 25.5 Å². The Morgan fingerprint density at radius 3 is 2.67 bits per heavy atom. The summed E-state index contributed by atoms with van der Waals surface area (Å²) in [6, 6.07) is 3.30. The second kappa shape index (κ2) is 5.71. The number of rotatable bonds is 4. The molecule has 0 bridgehead atoms. The first-order valence-electron chi connectivity index (χ1n) is 6.12. The fraction of sp³-hybridized carbons (Fsp3) is 0.231. The molecule has 3 N–H and O–H groups in total. The van der Waals surface area contributed by atoms with Crippen molar-refractivity contribution >= 4 is 5.97 Å². The number of aryl methyl sites for hydroxylation is 1. The third kappa shape index (κ3) is 3.06. The summed E-state index contributed by atoms with van der Waals surface area (Å²) in [6.07, 6.45) is 2.89. The maximum absolute atomic E-state index is 11.9. The highest BCUT2D eigenvalue weighted by atomic mass is 16.4. The summed E-state index contributed by atoms with van der Waals surface area (Å²) in [4.78, 5) is 38.4. The van der Waals surface area contributed by atoms with E-state index in [1.54, 1.807) is 6.07 Å². The smallest absolute Gasteiger partial charge is 0.336 e. The first-order chi connectivity index (χ1) is 9.90. The molecule has 110 valence electrons. The van der Waals surface area contributed by atoms with E-state index in [1.165, 1.54) is 36.1 Å². The maximum Gasteiger partial charge on any atom is 0.336 e. The highest BCUT2D eigenvalue weighted by molar-refractivity contribution is 5.73. The van der Waals surface area contributed by atoms with Crippen LogP contribution in [0.1, 0.15) is 5.56 Å². The lowest BCUT2D eigenvalue weighted by Crippen LogP contribution is -2.37. The second-order valence-corrected chi connectivity index (χ2v) is 4.56. The van der Waals surface area contributed by atoms with Gasteiger partial charge in [-0.2, -0.15) is 0 Å². The van der Waals surface area contributed by atoms with Crippen molar-refractivity contribution in [3.05, 3.63) is 57.0 Å². The molecular weight excluding hydrogens is 276 g/mol. The molecule has 2 aromatic heterocycles. The second-order valence-electron chi connectivity index (χ2n) is 4.56. The molecule has 0 radical (unpaired) electrons. The average molecular weight is 290 g/mol. The van der Waals surface area contributed by atoms with Crippen LogP contribution in [-0.4, -0.2) is 31.2 Å². The molecule has 1 atom stereocenters. The van der Waals surface area contributed by atoms with Gasteiger partial charge in [0.1, 0.15) is 11.9 Å². The molecule has 0 spiro atoms. The largest absolute Gasteiger partial charge is 0.480 e. The Hall–Kier alpha value is -2.74. The molecule has 0 aromatic carbocycles. The summed E-state index contributed by atoms with van der Waals surface area (Å²) in [5.74, 6) is -0.930. The molecule has 2 rings (SSSR count). The molecule has 0 aliphatic rings. The molecule has 0 amide bonds.